The Balaban J connectivity index is 2.19. The summed E-state index contributed by atoms with van der Waals surface area (Å²) in [4.78, 5) is 12.2. The van der Waals surface area contributed by atoms with Crippen LogP contribution in [0.2, 0.25) is 0 Å². The van der Waals surface area contributed by atoms with Gasteiger partial charge in [-0.15, -0.1) is 0 Å². The number of hydrogen-bond acceptors (Lipinski definition) is 1. The zero-order valence-corrected chi connectivity index (χ0v) is 11.4. The Labute approximate surface area is 121 Å². The van der Waals surface area contributed by atoms with Gasteiger partial charge in [-0.25, -0.2) is 0 Å². The molecule has 0 spiro atoms. The van der Waals surface area contributed by atoms with E-state index in [-0.39, 0.29) is 5.78 Å². The minimum atomic E-state index is 0.227. The third kappa shape index (κ3) is 1.33. The Morgan fingerprint density at radius 1 is 0.762 bits per heavy atom. The summed E-state index contributed by atoms with van der Waals surface area (Å²) in [6.45, 7) is 0. The summed E-state index contributed by atoms with van der Waals surface area (Å²) in [6.07, 6.45) is 2.57. The molecule has 4 aromatic rings. The average Bonchev–Trinajstić information content (AvgIpc) is 2.53. The van der Waals surface area contributed by atoms with Crippen LogP contribution in [0.4, 0.5) is 0 Å². The highest BCUT2D eigenvalue weighted by Crippen LogP contribution is 2.34. The Morgan fingerprint density at radius 3 is 2.62 bits per heavy atom. The molecule has 0 saturated carbocycles. The highest BCUT2D eigenvalue weighted by molar-refractivity contribution is 6.26. The molecule has 5 rings (SSSR count). The molecule has 0 fully saturated rings. The van der Waals surface area contributed by atoms with Crippen molar-refractivity contribution in [3.8, 4) is 0 Å². The van der Waals surface area contributed by atoms with E-state index in [1.807, 2.05) is 6.07 Å². The fraction of sp³-hybridized carbons (Fsp3) is 0.0500. The van der Waals surface area contributed by atoms with E-state index in [2.05, 4.69) is 54.6 Å². The van der Waals surface area contributed by atoms with Crippen molar-refractivity contribution < 1.29 is 4.79 Å². The number of carbonyl (C=O) groups excluding carboxylic acids is 1. The molecule has 0 amide bonds. The van der Waals surface area contributed by atoms with Gasteiger partial charge in [0, 0.05) is 17.4 Å². The first-order chi connectivity index (χ1) is 10.3. The topological polar surface area (TPSA) is 17.1 Å². The third-order valence-electron chi connectivity index (χ3n) is 4.59. The van der Waals surface area contributed by atoms with Gasteiger partial charge in [-0.3, -0.25) is 4.79 Å². The number of benzene rings is 4. The van der Waals surface area contributed by atoms with Gasteiger partial charge in [-0.2, -0.15) is 0 Å². The minimum absolute atomic E-state index is 0.227. The molecule has 0 heterocycles. The second-order valence-electron chi connectivity index (χ2n) is 5.72. The van der Waals surface area contributed by atoms with E-state index < -0.39 is 0 Å². The number of carbonyl (C=O) groups is 1. The summed E-state index contributed by atoms with van der Waals surface area (Å²) in [7, 11) is 0. The molecule has 4 aromatic carbocycles. The summed E-state index contributed by atoms with van der Waals surface area (Å²) >= 11 is 0. The lowest BCUT2D eigenvalue weighted by molar-refractivity contribution is 0.1000. The normalized spacial score (nSPS) is 14.0. The molecule has 0 bridgehead atoms. The van der Waals surface area contributed by atoms with Crippen LogP contribution in [0.1, 0.15) is 16.8 Å². The van der Waals surface area contributed by atoms with Gasteiger partial charge in [0.05, 0.1) is 0 Å². The molecule has 98 valence electrons. The van der Waals surface area contributed by atoms with Crippen molar-refractivity contribution >= 4 is 44.2 Å². The van der Waals surface area contributed by atoms with Crippen molar-refractivity contribution in [2.45, 2.75) is 6.42 Å². The van der Waals surface area contributed by atoms with Gasteiger partial charge in [-0.05, 0) is 38.2 Å². The van der Waals surface area contributed by atoms with E-state index in [9.17, 15) is 4.79 Å². The lowest BCUT2D eigenvalue weighted by atomic mass is 9.87. The molecular formula is C20H12O. The molecule has 0 aromatic heterocycles. The van der Waals surface area contributed by atoms with Gasteiger partial charge in [0.15, 0.2) is 5.78 Å². The molecular weight excluding hydrogens is 256 g/mol. The number of rotatable bonds is 0. The first-order valence-corrected chi connectivity index (χ1v) is 7.23. The van der Waals surface area contributed by atoms with Crippen LogP contribution in [0.3, 0.4) is 0 Å². The predicted molar refractivity (Wildman–Crippen MR) is 87.6 cm³/mol. The molecule has 1 nitrogen and oxygen atoms in total. The monoisotopic (exact) mass is 268 g/mol. The first kappa shape index (κ1) is 11.0. The Hall–Kier alpha value is -2.67. The Morgan fingerprint density at radius 2 is 1.67 bits per heavy atom. The lowest BCUT2D eigenvalue weighted by Gasteiger charge is -2.15. The third-order valence-corrected chi connectivity index (χ3v) is 4.59. The fourth-order valence-corrected chi connectivity index (χ4v) is 3.64. The van der Waals surface area contributed by atoms with E-state index in [0.29, 0.717) is 6.42 Å². The SMILES string of the molecule is O=C1CC=c2ccc3c4ccccc4cc4ccc1c2c43. The Kier molecular flexibility index (Phi) is 1.95. The highest BCUT2D eigenvalue weighted by atomic mass is 16.1. The highest BCUT2D eigenvalue weighted by Gasteiger charge is 2.17. The molecule has 1 heteroatoms. The second-order valence-corrected chi connectivity index (χ2v) is 5.72. The summed E-state index contributed by atoms with van der Waals surface area (Å²) < 4.78 is 0. The first-order valence-electron chi connectivity index (χ1n) is 7.23. The molecule has 21 heavy (non-hydrogen) atoms. The standard InChI is InChI=1S/C20H12O/c21-18-10-7-12-5-8-16-15-4-2-1-3-13(15)11-14-6-9-17(18)19(12)20(14)16/h1-9,11H,10H2. The Bertz CT molecular complexity index is 1120. The average molecular weight is 268 g/mol. The molecule has 0 atom stereocenters. The fourth-order valence-electron chi connectivity index (χ4n) is 3.64. The maximum absolute atomic E-state index is 12.2. The van der Waals surface area contributed by atoms with Gasteiger partial charge >= 0.3 is 0 Å². The maximum Gasteiger partial charge on any atom is 0.167 e. The molecule has 1 aliphatic carbocycles. The van der Waals surface area contributed by atoms with Crippen LogP contribution in [-0.4, -0.2) is 5.78 Å². The van der Waals surface area contributed by atoms with Crippen LogP contribution in [-0.2, 0) is 0 Å². The number of Topliss-reactive ketones (excluding diaryl/α,β-unsaturated/α-hetero) is 1. The van der Waals surface area contributed by atoms with Gasteiger partial charge in [0.1, 0.15) is 0 Å². The zero-order chi connectivity index (χ0) is 14.0. The van der Waals surface area contributed by atoms with Crippen molar-refractivity contribution in [1.29, 1.82) is 0 Å². The van der Waals surface area contributed by atoms with E-state index in [0.717, 1.165) is 10.9 Å². The molecule has 0 radical (unpaired) electrons. The van der Waals surface area contributed by atoms with Crippen LogP contribution < -0.4 is 5.22 Å². The van der Waals surface area contributed by atoms with Gasteiger partial charge in [0.2, 0.25) is 0 Å². The van der Waals surface area contributed by atoms with E-state index in [4.69, 9.17) is 0 Å². The summed E-state index contributed by atoms with van der Waals surface area (Å²) in [5.41, 5.74) is 0.876. The summed E-state index contributed by atoms with van der Waals surface area (Å²) in [5, 5.41) is 8.52. The lowest BCUT2D eigenvalue weighted by Crippen LogP contribution is -2.14. The number of hydrogen-bond donors (Lipinski definition) is 0. The van der Waals surface area contributed by atoms with E-state index >= 15 is 0 Å². The molecule has 0 N–H and O–H groups in total. The van der Waals surface area contributed by atoms with Crippen molar-refractivity contribution in [3.05, 3.63) is 65.4 Å². The maximum atomic E-state index is 12.2. The molecule has 1 aliphatic rings. The number of ketones is 1. The van der Waals surface area contributed by atoms with Crippen LogP contribution in [0.5, 0.6) is 0 Å². The largest absolute Gasteiger partial charge is 0.294 e. The smallest absolute Gasteiger partial charge is 0.167 e. The van der Waals surface area contributed by atoms with Crippen molar-refractivity contribution in [2.75, 3.05) is 0 Å². The van der Waals surface area contributed by atoms with Crippen LogP contribution >= 0.6 is 0 Å². The predicted octanol–water partition coefficient (Wildman–Crippen LogP) is 4.23. The van der Waals surface area contributed by atoms with E-state index in [1.54, 1.807) is 0 Å². The summed E-state index contributed by atoms with van der Waals surface area (Å²) in [6, 6.07) is 19.1. The number of fused-ring (bicyclic) bond motifs is 2. The van der Waals surface area contributed by atoms with E-state index in [1.165, 1.54) is 32.1 Å². The summed E-state index contributed by atoms with van der Waals surface area (Å²) in [5.74, 6) is 0.227. The quantitative estimate of drug-likeness (QED) is 0.344. The molecule has 0 unspecified atom stereocenters. The van der Waals surface area contributed by atoms with Gasteiger partial charge in [0.25, 0.3) is 0 Å². The van der Waals surface area contributed by atoms with Crippen molar-refractivity contribution in [1.82, 2.24) is 0 Å². The van der Waals surface area contributed by atoms with Gasteiger partial charge in [-0.1, -0.05) is 54.6 Å². The molecule has 0 saturated heterocycles. The van der Waals surface area contributed by atoms with Crippen LogP contribution in [0.15, 0.2) is 54.6 Å². The van der Waals surface area contributed by atoms with Crippen molar-refractivity contribution in [3.63, 3.8) is 0 Å². The molecule has 0 aliphatic heterocycles. The minimum Gasteiger partial charge on any atom is -0.294 e. The van der Waals surface area contributed by atoms with Crippen LogP contribution in [0, 0.1) is 0 Å². The second kappa shape index (κ2) is 3.70. The van der Waals surface area contributed by atoms with Gasteiger partial charge < -0.3 is 0 Å². The zero-order valence-electron chi connectivity index (χ0n) is 11.4. The van der Waals surface area contributed by atoms with Crippen molar-refractivity contribution in [2.24, 2.45) is 0 Å². The van der Waals surface area contributed by atoms with Crippen LogP contribution in [0.25, 0.3) is 38.4 Å².